The van der Waals surface area contributed by atoms with E-state index in [-0.39, 0.29) is 5.95 Å². The summed E-state index contributed by atoms with van der Waals surface area (Å²) in [6.07, 6.45) is 2.14. The maximum atomic E-state index is 5.85. The molecule has 41 heavy (non-hydrogen) atoms. The zero-order valence-corrected chi connectivity index (χ0v) is 24.3. The van der Waals surface area contributed by atoms with Crippen molar-refractivity contribution in [3.63, 3.8) is 0 Å². The lowest BCUT2D eigenvalue weighted by Crippen LogP contribution is -2.46. The largest absolute Gasteiger partial charge is 0.493 e. The van der Waals surface area contributed by atoms with Gasteiger partial charge in [-0.1, -0.05) is 60.7 Å². The van der Waals surface area contributed by atoms with Crippen molar-refractivity contribution in [3.05, 3.63) is 101 Å². The minimum Gasteiger partial charge on any atom is -0.493 e. The number of ether oxygens (including phenoxy) is 3. The second-order valence-electron chi connectivity index (χ2n) is 9.91. The summed E-state index contributed by atoms with van der Waals surface area (Å²) in [4.78, 5) is 12.9. The van der Waals surface area contributed by atoms with Crippen molar-refractivity contribution in [2.45, 2.75) is 12.5 Å². The molecule has 0 radical (unpaired) electrons. The lowest BCUT2D eigenvalue weighted by atomic mass is 9.96. The number of aromatic nitrogens is 2. The van der Waals surface area contributed by atoms with Crippen molar-refractivity contribution in [3.8, 4) is 17.2 Å². The number of nitrogen functional groups attached to an aromatic ring is 2. The predicted octanol–water partition coefficient (Wildman–Crippen LogP) is 4.28. The Morgan fingerprint density at radius 1 is 0.780 bits per heavy atom. The van der Waals surface area contributed by atoms with E-state index in [0.29, 0.717) is 35.5 Å². The van der Waals surface area contributed by atoms with Gasteiger partial charge in [-0.05, 0) is 35.9 Å². The van der Waals surface area contributed by atoms with Crippen molar-refractivity contribution in [2.75, 3.05) is 66.0 Å². The van der Waals surface area contributed by atoms with Crippen LogP contribution in [-0.4, -0.2) is 74.3 Å². The maximum Gasteiger partial charge on any atom is 0.221 e. The van der Waals surface area contributed by atoms with Gasteiger partial charge in [-0.3, -0.25) is 4.90 Å². The van der Waals surface area contributed by atoms with Gasteiger partial charge in [0.1, 0.15) is 5.82 Å². The number of nitrogens with zero attached hydrogens (tertiary/aromatic N) is 4. The topological polar surface area (TPSA) is 112 Å². The summed E-state index contributed by atoms with van der Waals surface area (Å²) in [5, 5.41) is 0. The molecule has 0 spiro atoms. The number of hydrogen-bond donors (Lipinski definition) is 2. The Labute approximate surface area is 242 Å². The van der Waals surface area contributed by atoms with Crippen molar-refractivity contribution in [1.29, 1.82) is 0 Å². The van der Waals surface area contributed by atoms with Gasteiger partial charge in [-0.2, -0.15) is 4.98 Å². The Morgan fingerprint density at radius 3 is 1.78 bits per heavy atom. The summed E-state index contributed by atoms with van der Waals surface area (Å²) < 4.78 is 15.9. The lowest BCUT2D eigenvalue weighted by Gasteiger charge is -2.38. The molecule has 4 N–H and O–H groups in total. The molecule has 5 rings (SSSR count). The highest BCUT2D eigenvalue weighted by atomic mass is 16.5. The van der Waals surface area contributed by atoms with Crippen molar-refractivity contribution in [1.82, 2.24) is 19.8 Å². The summed E-state index contributed by atoms with van der Waals surface area (Å²) in [5.74, 6) is 2.23. The Kier molecular flexibility index (Phi) is 10.4. The number of piperazine rings is 1. The van der Waals surface area contributed by atoms with E-state index in [1.54, 1.807) is 27.5 Å². The molecule has 0 atom stereocenters. The molecule has 2 heterocycles. The lowest BCUT2D eigenvalue weighted by molar-refractivity contribution is 0.127. The van der Waals surface area contributed by atoms with Crippen LogP contribution < -0.4 is 25.7 Å². The predicted molar refractivity (Wildman–Crippen MR) is 164 cm³/mol. The molecule has 1 saturated heterocycles. The first-order valence-electron chi connectivity index (χ1n) is 13.6. The van der Waals surface area contributed by atoms with Crippen LogP contribution in [0.4, 0.5) is 11.8 Å². The molecule has 1 aliphatic heterocycles. The summed E-state index contributed by atoms with van der Waals surface area (Å²) >= 11 is 0. The first-order valence-corrected chi connectivity index (χ1v) is 13.6. The van der Waals surface area contributed by atoms with Crippen LogP contribution in [0.3, 0.4) is 0 Å². The number of methoxy groups -OCH3 is 3. The molecule has 0 saturated carbocycles. The van der Waals surface area contributed by atoms with Gasteiger partial charge in [0.15, 0.2) is 11.5 Å². The molecule has 1 fully saturated rings. The van der Waals surface area contributed by atoms with E-state index in [4.69, 9.17) is 25.7 Å². The Morgan fingerprint density at radius 2 is 1.32 bits per heavy atom. The first-order chi connectivity index (χ1) is 19.9. The van der Waals surface area contributed by atoms with Gasteiger partial charge >= 0.3 is 0 Å². The molecule has 0 amide bonds. The average Bonchev–Trinajstić information content (AvgIpc) is 3.00. The van der Waals surface area contributed by atoms with Crippen molar-refractivity contribution in [2.24, 2.45) is 0 Å². The zero-order chi connectivity index (χ0) is 29.2. The number of nitrogens with two attached hydrogens (primary N) is 2. The number of rotatable bonds is 8. The van der Waals surface area contributed by atoms with Gasteiger partial charge in [0.05, 0.1) is 27.4 Å². The van der Waals surface area contributed by atoms with Gasteiger partial charge in [0.2, 0.25) is 11.7 Å². The minimum absolute atomic E-state index is 0.154. The molecule has 9 nitrogen and oxygen atoms in total. The molecule has 9 heteroatoms. The molecule has 216 valence electrons. The average molecular weight is 557 g/mol. The van der Waals surface area contributed by atoms with E-state index in [2.05, 4.69) is 87.5 Å². The van der Waals surface area contributed by atoms with Gasteiger partial charge in [-0.25, -0.2) is 4.98 Å². The maximum absolute atomic E-state index is 5.85. The summed E-state index contributed by atoms with van der Waals surface area (Å²) in [6.45, 7) is 4.56. The normalized spacial score (nSPS) is 13.8. The Hall–Kier alpha value is -4.34. The molecular formula is C32H40N6O3. The third-order valence-electron chi connectivity index (χ3n) is 7.17. The van der Waals surface area contributed by atoms with Crippen LogP contribution in [0.25, 0.3) is 0 Å². The van der Waals surface area contributed by atoms with Crippen LogP contribution in [0.15, 0.2) is 79.0 Å². The summed E-state index contributed by atoms with van der Waals surface area (Å²) in [6, 6.07) is 25.8. The van der Waals surface area contributed by atoms with E-state index in [0.717, 1.165) is 37.3 Å². The van der Waals surface area contributed by atoms with E-state index >= 15 is 0 Å². The van der Waals surface area contributed by atoms with Crippen LogP contribution in [0, 0.1) is 0 Å². The fourth-order valence-electron chi connectivity index (χ4n) is 4.99. The molecular weight excluding hydrogens is 516 g/mol. The van der Waals surface area contributed by atoms with Crippen LogP contribution in [0.1, 0.15) is 28.3 Å². The van der Waals surface area contributed by atoms with E-state index in [1.807, 2.05) is 12.1 Å². The minimum atomic E-state index is 0.154. The van der Waals surface area contributed by atoms with Crippen LogP contribution >= 0.6 is 0 Å². The molecule has 1 aliphatic rings. The second kappa shape index (κ2) is 14.3. The molecule has 0 unspecified atom stereocenters. The molecule has 3 aromatic carbocycles. The molecule has 0 aliphatic carbocycles. The Balaban J connectivity index is 0.000000189. The van der Waals surface area contributed by atoms with Crippen molar-refractivity contribution >= 4 is 11.8 Å². The first kappa shape index (κ1) is 29.6. The highest BCUT2D eigenvalue weighted by Gasteiger charge is 2.25. The monoisotopic (exact) mass is 556 g/mol. The van der Waals surface area contributed by atoms with Crippen LogP contribution in [0.2, 0.25) is 0 Å². The molecule has 1 aromatic heterocycles. The molecule has 0 bridgehead atoms. The second-order valence-corrected chi connectivity index (χ2v) is 9.91. The standard InChI is InChI=1S/C18H22N2.C14H18N4O3/c1-19-12-14-20(15-13-19)18(16-8-4-2-5-9-16)17-10-6-3-7-11-17;1-19-10-5-8(6-11(20-2)12(10)21-3)4-9-7-17-14(16)18-13(9)15/h2-11,18H,12-15H2,1H3;5-7H,4H2,1-3H3,(H4,15,16,17,18). The van der Waals surface area contributed by atoms with Gasteiger partial charge < -0.3 is 30.6 Å². The van der Waals surface area contributed by atoms with E-state index in [1.165, 1.54) is 11.1 Å². The number of hydrogen-bond acceptors (Lipinski definition) is 9. The number of anilines is 2. The number of benzene rings is 3. The van der Waals surface area contributed by atoms with Crippen molar-refractivity contribution < 1.29 is 14.2 Å². The third kappa shape index (κ3) is 7.65. The van der Waals surface area contributed by atoms with Gasteiger partial charge in [0, 0.05) is 44.4 Å². The number of likely N-dealkylation sites (N-methyl/N-ethyl adjacent to an activating group) is 1. The fraction of sp³-hybridized carbons (Fsp3) is 0.312. The SMILES string of the molecule is CN1CCN(C(c2ccccc2)c2ccccc2)CC1.COc1cc(Cc2cnc(N)nc2N)cc(OC)c1OC. The van der Waals surface area contributed by atoms with Crippen LogP contribution in [0.5, 0.6) is 17.2 Å². The van der Waals surface area contributed by atoms with Gasteiger partial charge in [-0.15, -0.1) is 0 Å². The summed E-state index contributed by atoms with van der Waals surface area (Å²) in [7, 11) is 6.91. The Bertz CT molecular complexity index is 1310. The third-order valence-corrected chi connectivity index (χ3v) is 7.17. The van der Waals surface area contributed by atoms with E-state index in [9.17, 15) is 0 Å². The quantitative estimate of drug-likeness (QED) is 0.328. The molecule has 4 aromatic rings. The summed E-state index contributed by atoms with van der Waals surface area (Å²) in [5.41, 5.74) is 15.8. The van der Waals surface area contributed by atoms with Gasteiger partial charge in [0.25, 0.3) is 0 Å². The van der Waals surface area contributed by atoms with E-state index < -0.39 is 0 Å². The highest BCUT2D eigenvalue weighted by molar-refractivity contribution is 5.55. The zero-order valence-electron chi connectivity index (χ0n) is 24.3. The highest BCUT2D eigenvalue weighted by Crippen LogP contribution is 2.39. The smallest absolute Gasteiger partial charge is 0.221 e. The fourth-order valence-corrected chi connectivity index (χ4v) is 4.99. The van der Waals surface area contributed by atoms with Crippen LogP contribution in [-0.2, 0) is 6.42 Å².